The van der Waals surface area contributed by atoms with Crippen LogP contribution in [0.3, 0.4) is 0 Å². The smallest absolute Gasteiger partial charge is 0.0991 e. The molecule has 2 aliphatic carbocycles. The van der Waals surface area contributed by atoms with Crippen molar-refractivity contribution in [2.45, 2.75) is 122 Å². The van der Waals surface area contributed by atoms with E-state index in [0.717, 1.165) is 24.0 Å². The van der Waals surface area contributed by atoms with Crippen molar-refractivity contribution in [3.05, 3.63) is 35.4 Å². The molecule has 0 heterocycles. The second-order valence-corrected chi connectivity index (χ2v) is 10.3. The average molecular weight is 424 g/mol. The summed E-state index contributed by atoms with van der Waals surface area (Å²) in [5.41, 5.74) is 2.16. The number of ether oxygens (including phenoxy) is 1. The minimum absolute atomic E-state index is 0.470. The van der Waals surface area contributed by atoms with Gasteiger partial charge in [0.15, 0.2) is 0 Å². The lowest BCUT2D eigenvalue weighted by Crippen LogP contribution is -2.21. The fourth-order valence-electron chi connectivity index (χ4n) is 5.86. The molecule has 0 atom stereocenters. The molecule has 1 aromatic carbocycles. The highest BCUT2D eigenvalue weighted by molar-refractivity contribution is 5.33. The van der Waals surface area contributed by atoms with Crippen molar-refractivity contribution >= 4 is 0 Å². The molecule has 3 rings (SSSR count). The number of nitrogens with zero attached hydrogens (tertiary/aromatic N) is 1. The lowest BCUT2D eigenvalue weighted by Gasteiger charge is -2.30. The van der Waals surface area contributed by atoms with Crippen molar-refractivity contribution in [2.75, 3.05) is 6.61 Å². The first-order chi connectivity index (χ1) is 15.3. The fraction of sp³-hybridized carbons (Fsp3) is 0.759. The number of nitriles is 1. The normalized spacial score (nSPS) is 26.5. The molecule has 0 amide bonds. The van der Waals surface area contributed by atoms with Gasteiger partial charge in [-0.05, 0) is 74.0 Å². The molecule has 1 aromatic rings. The molecule has 0 bridgehead atoms. The highest BCUT2D eigenvalue weighted by atomic mass is 16.5. The molecule has 0 radical (unpaired) electrons. The Hall–Kier alpha value is -1.33. The van der Waals surface area contributed by atoms with Crippen molar-refractivity contribution in [2.24, 2.45) is 11.8 Å². The zero-order chi connectivity index (χ0) is 21.7. The SMILES string of the molecule is CCCCCCCC1CCC(CCCOC2CCC(c3ccc(C#N)cc3)CC2)CC1. The summed E-state index contributed by atoms with van der Waals surface area (Å²) >= 11 is 0. The second-order valence-electron chi connectivity index (χ2n) is 10.3. The van der Waals surface area contributed by atoms with E-state index in [1.54, 1.807) is 0 Å². The van der Waals surface area contributed by atoms with Gasteiger partial charge in [0.25, 0.3) is 0 Å². The van der Waals surface area contributed by atoms with Gasteiger partial charge in [-0.15, -0.1) is 0 Å². The minimum Gasteiger partial charge on any atom is -0.378 e. The van der Waals surface area contributed by atoms with Crippen LogP contribution in [-0.2, 0) is 4.74 Å². The van der Waals surface area contributed by atoms with Crippen molar-refractivity contribution < 1.29 is 4.74 Å². The van der Waals surface area contributed by atoms with Gasteiger partial charge >= 0.3 is 0 Å². The lowest BCUT2D eigenvalue weighted by atomic mass is 9.78. The van der Waals surface area contributed by atoms with E-state index in [-0.39, 0.29) is 0 Å². The van der Waals surface area contributed by atoms with Crippen LogP contribution in [0.2, 0.25) is 0 Å². The molecule has 2 saturated carbocycles. The summed E-state index contributed by atoms with van der Waals surface area (Å²) in [6, 6.07) is 10.4. The molecule has 0 aliphatic heterocycles. The molecule has 2 fully saturated rings. The molecule has 31 heavy (non-hydrogen) atoms. The van der Waals surface area contributed by atoms with E-state index in [2.05, 4.69) is 25.1 Å². The summed E-state index contributed by atoms with van der Waals surface area (Å²) < 4.78 is 6.26. The maximum atomic E-state index is 8.96. The number of benzene rings is 1. The molecule has 2 aliphatic rings. The average Bonchev–Trinajstić information content (AvgIpc) is 2.83. The lowest BCUT2D eigenvalue weighted by molar-refractivity contribution is 0.0204. The maximum absolute atomic E-state index is 8.96. The van der Waals surface area contributed by atoms with Gasteiger partial charge < -0.3 is 4.74 Å². The Morgan fingerprint density at radius 1 is 0.774 bits per heavy atom. The summed E-state index contributed by atoms with van der Waals surface area (Å²) in [5.74, 6) is 2.64. The van der Waals surface area contributed by atoms with Crippen LogP contribution in [-0.4, -0.2) is 12.7 Å². The third-order valence-corrected chi connectivity index (χ3v) is 7.98. The first kappa shape index (κ1) is 24.3. The quantitative estimate of drug-likeness (QED) is 0.315. The molecule has 172 valence electrons. The van der Waals surface area contributed by atoms with E-state index >= 15 is 0 Å². The van der Waals surface area contributed by atoms with Gasteiger partial charge in [-0.25, -0.2) is 0 Å². The van der Waals surface area contributed by atoms with E-state index in [1.165, 1.54) is 108 Å². The van der Waals surface area contributed by atoms with Gasteiger partial charge in [0, 0.05) is 6.61 Å². The summed E-state index contributed by atoms with van der Waals surface area (Å²) in [5, 5.41) is 8.96. The van der Waals surface area contributed by atoms with Crippen LogP contribution in [0.5, 0.6) is 0 Å². The summed E-state index contributed by atoms with van der Waals surface area (Å²) in [6.07, 6.45) is 22.5. The van der Waals surface area contributed by atoms with Gasteiger partial charge in [0.05, 0.1) is 17.7 Å². The van der Waals surface area contributed by atoms with Crippen LogP contribution in [0.25, 0.3) is 0 Å². The molecule has 2 nitrogen and oxygen atoms in total. The number of unbranched alkanes of at least 4 members (excludes halogenated alkanes) is 4. The molecule has 0 N–H and O–H groups in total. The molecular weight excluding hydrogens is 378 g/mol. The standard InChI is InChI=1S/C29H45NO/c1-2-3-4-5-6-8-24-10-12-25(13-11-24)9-7-22-31-29-20-18-28(19-21-29)27-16-14-26(23-30)15-17-27/h14-17,24-25,28-29H,2-13,18-22H2,1H3. The van der Waals surface area contributed by atoms with Crippen LogP contribution in [0.1, 0.15) is 127 Å². The Kier molecular flexibility index (Phi) is 10.9. The Labute approximate surface area is 191 Å². The maximum Gasteiger partial charge on any atom is 0.0991 e. The first-order valence-corrected chi connectivity index (χ1v) is 13.4. The zero-order valence-corrected chi connectivity index (χ0v) is 20.0. The van der Waals surface area contributed by atoms with Crippen LogP contribution in [0, 0.1) is 23.2 Å². The zero-order valence-electron chi connectivity index (χ0n) is 20.0. The summed E-state index contributed by atoms with van der Waals surface area (Å²) in [7, 11) is 0. The largest absolute Gasteiger partial charge is 0.378 e. The van der Waals surface area contributed by atoms with Gasteiger partial charge in [0.1, 0.15) is 0 Å². The topological polar surface area (TPSA) is 33.0 Å². The molecule has 0 saturated heterocycles. The Balaban J connectivity index is 1.20. The van der Waals surface area contributed by atoms with Crippen molar-refractivity contribution in [1.82, 2.24) is 0 Å². The predicted molar refractivity (Wildman–Crippen MR) is 130 cm³/mol. The van der Waals surface area contributed by atoms with Crippen LogP contribution < -0.4 is 0 Å². The molecular formula is C29H45NO. The molecule has 2 heteroatoms. The Bertz CT molecular complexity index is 630. The van der Waals surface area contributed by atoms with E-state index in [9.17, 15) is 0 Å². The monoisotopic (exact) mass is 423 g/mol. The number of rotatable bonds is 12. The van der Waals surface area contributed by atoms with Crippen LogP contribution in [0.4, 0.5) is 0 Å². The Morgan fingerprint density at radius 2 is 1.39 bits per heavy atom. The van der Waals surface area contributed by atoms with Crippen molar-refractivity contribution in [3.8, 4) is 6.07 Å². The van der Waals surface area contributed by atoms with Gasteiger partial charge in [-0.2, -0.15) is 5.26 Å². The number of hydrogen-bond acceptors (Lipinski definition) is 2. The van der Waals surface area contributed by atoms with Crippen LogP contribution >= 0.6 is 0 Å². The summed E-state index contributed by atoms with van der Waals surface area (Å²) in [4.78, 5) is 0. The summed E-state index contributed by atoms with van der Waals surface area (Å²) in [6.45, 7) is 3.26. The van der Waals surface area contributed by atoms with E-state index in [1.807, 2.05) is 12.1 Å². The highest BCUT2D eigenvalue weighted by Crippen LogP contribution is 2.36. The van der Waals surface area contributed by atoms with Crippen LogP contribution in [0.15, 0.2) is 24.3 Å². The molecule has 0 aromatic heterocycles. The van der Waals surface area contributed by atoms with E-state index in [4.69, 9.17) is 10.00 Å². The molecule has 0 unspecified atom stereocenters. The minimum atomic E-state index is 0.470. The first-order valence-electron chi connectivity index (χ1n) is 13.4. The second kappa shape index (κ2) is 13.9. The van der Waals surface area contributed by atoms with E-state index in [0.29, 0.717) is 12.0 Å². The van der Waals surface area contributed by atoms with E-state index < -0.39 is 0 Å². The Morgan fingerprint density at radius 3 is 2.00 bits per heavy atom. The highest BCUT2D eigenvalue weighted by Gasteiger charge is 2.23. The van der Waals surface area contributed by atoms with Gasteiger partial charge in [-0.3, -0.25) is 0 Å². The number of hydrogen-bond donors (Lipinski definition) is 0. The fourth-order valence-corrected chi connectivity index (χ4v) is 5.86. The third kappa shape index (κ3) is 8.61. The predicted octanol–water partition coefficient (Wildman–Crippen LogP) is 8.55. The van der Waals surface area contributed by atoms with Crippen molar-refractivity contribution in [3.63, 3.8) is 0 Å². The molecule has 0 spiro atoms. The third-order valence-electron chi connectivity index (χ3n) is 7.98. The van der Waals surface area contributed by atoms with Gasteiger partial charge in [-0.1, -0.05) is 83.3 Å². The van der Waals surface area contributed by atoms with Gasteiger partial charge in [0.2, 0.25) is 0 Å². The van der Waals surface area contributed by atoms with Crippen molar-refractivity contribution in [1.29, 1.82) is 5.26 Å².